The zero-order valence-electron chi connectivity index (χ0n) is 10.0. The van der Waals surface area contributed by atoms with Gasteiger partial charge in [0.1, 0.15) is 5.75 Å². The van der Waals surface area contributed by atoms with Crippen LogP contribution in [0.4, 0.5) is 0 Å². The summed E-state index contributed by atoms with van der Waals surface area (Å²) in [5, 5.41) is 10.2. The highest BCUT2D eigenvalue weighted by Gasteiger charge is 2.02. The molecule has 3 heteroatoms. The first-order valence-electron chi connectivity index (χ1n) is 5.73. The van der Waals surface area contributed by atoms with E-state index in [1.807, 2.05) is 37.3 Å². The summed E-state index contributed by atoms with van der Waals surface area (Å²) in [6.07, 6.45) is 1.67. The molecule has 2 rings (SSSR count). The van der Waals surface area contributed by atoms with Gasteiger partial charge in [0.15, 0.2) is 0 Å². The summed E-state index contributed by atoms with van der Waals surface area (Å²) >= 11 is 5.77. The summed E-state index contributed by atoms with van der Waals surface area (Å²) in [5.74, 6) is 0.145. The molecule has 2 aromatic rings. The standard InChI is InChI=1S/C15H14ClNO/c1-11(12-5-3-2-4-6-12)17-10-13-7-8-14(16)9-15(13)18/h2-11,18H,1H3/t11-/m1/s1. The highest BCUT2D eigenvalue weighted by molar-refractivity contribution is 6.30. The fraction of sp³-hybridized carbons (Fsp3) is 0.133. The van der Waals surface area contributed by atoms with Crippen LogP contribution in [-0.2, 0) is 0 Å². The van der Waals surface area contributed by atoms with Crippen molar-refractivity contribution in [1.29, 1.82) is 0 Å². The Hall–Kier alpha value is -1.80. The van der Waals surface area contributed by atoms with E-state index in [-0.39, 0.29) is 11.8 Å². The maximum atomic E-state index is 9.70. The van der Waals surface area contributed by atoms with Gasteiger partial charge in [0, 0.05) is 16.8 Å². The molecule has 0 aromatic heterocycles. The van der Waals surface area contributed by atoms with Crippen LogP contribution in [-0.4, -0.2) is 11.3 Å². The van der Waals surface area contributed by atoms with E-state index in [0.29, 0.717) is 10.6 Å². The van der Waals surface area contributed by atoms with Crippen LogP contribution < -0.4 is 0 Å². The summed E-state index contributed by atoms with van der Waals surface area (Å²) in [5.41, 5.74) is 1.81. The van der Waals surface area contributed by atoms with Crippen molar-refractivity contribution in [3.63, 3.8) is 0 Å². The molecule has 0 spiro atoms. The lowest BCUT2D eigenvalue weighted by Gasteiger charge is -2.06. The van der Waals surface area contributed by atoms with Crippen LogP contribution in [0.15, 0.2) is 53.5 Å². The Labute approximate surface area is 112 Å². The number of aliphatic imine (C=N–C) groups is 1. The van der Waals surface area contributed by atoms with Crippen LogP contribution in [0.3, 0.4) is 0 Å². The van der Waals surface area contributed by atoms with Crippen LogP contribution in [0.5, 0.6) is 5.75 Å². The Morgan fingerprint density at radius 3 is 2.56 bits per heavy atom. The second-order valence-electron chi connectivity index (χ2n) is 4.07. The van der Waals surface area contributed by atoms with Crippen LogP contribution in [0.25, 0.3) is 0 Å². The number of nitrogens with zero attached hydrogens (tertiary/aromatic N) is 1. The van der Waals surface area contributed by atoms with E-state index in [2.05, 4.69) is 4.99 Å². The van der Waals surface area contributed by atoms with Crippen LogP contribution in [0.2, 0.25) is 5.02 Å². The maximum absolute atomic E-state index is 9.70. The molecule has 0 radical (unpaired) electrons. The molecule has 0 amide bonds. The lowest BCUT2D eigenvalue weighted by atomic mass is 10.1. The fourth-order valence-electron chi connectivity index (χ4n) is 1.64. The lowest BCUT2D eigenvalue weighted by molar-refractivity contribution is 0.474. The number of phenolic OH excluding ortho intramolecular Hbond substituents is 1. The van der Waals surface area contributed by atoms with Gasteiger partial charge >= 0.3 is 0 Å². The SMILES string of the molecule is C[C@@H](N=Cc1ccc(Cl)cc1O)c1ccccc1. The molecule has 0 bridgehead atoms. The molecular weight excluding hydrogens is 246 g/mol. The highest BCUT2D eigenvalue weighted by Crippen LogP contribution is 2.21. The molecule has 1 atom stereocenters. The molecule has 2 nitrogen and oxygen atoms in total. The van der Waals surface area contributed by atoms with Crippen molar-refractivity contribution in [2.75, 3.05) is 0 Å². The van der Waals surface area contributed by atoms with Gasteiger partial charge < -0.3 is 5.11 Å². The Morgan fingerprint density at radius 1 is 1.17 bits per heavy atom. The van der Waals surface area contributed by atoms with Gasteiger partial charge in [0.05, 0.1) is 6.04 Å². The number of aromatic hydroxyl groups is 1. The number of rotatable bonds is 3. The van der Waals surface area contributed by atoms with Gasteiger partial charge in [0.25, 0.3) is 0 Å². The van der Waals surface area contributed by atoms with E-state index < -0.39 is 0 Å². The molecular formula is C15H14ClNO. The minimum atomic E-state index is 0.0567. The molecule has 2 aromatic carbocycles. The van der Waals surface area contributed by atoms with Crippen molar-refractivity contribution < 1.29 is 5.11 Å². The average Bonchev–Trinajstić information content (AvgIpc) is 2.38. The molecule has 0 aliphatic rings. The van der Waals surface area contributed by atoms with Crippen molar-refractivity contribution in [2.24, 2.45) is 4.99 Å². The largest absolute Gasteiger partial charge is 0.507 e. The van der Waals surface area contributed by atoms with Crippen molar-refractivity contribution in [2.45, 2.75) is 13.0 Å². The van der Waals surface area contributed by atoms with E-state index in [1.165, 1.54) is 6.07 Å². The number of benzene rings is 2. The minimum absolute atomic E-state index is 0.0567. The quantitative estimate of drug-likeness (QED) is 0.822. The predicted molar refractivity (Wildman–Crippen MR) is 75.6 cm³/mol. The van der Waals surface area contributed by atoms with Gasteiger partial charge in [-0.2, -0.15) is 0 Å². The van der Waals surface area contributed by atoms with Crippen molar-refractivity contribution in [3.05, 3.63) is 64.7 Å². The first-order chi connectivity index (χ1) is 8.66. The second-order valence-corrected chi connectivity index (χ2v) is 4.50. The summed E-state index contributed by atoms with van der Waals surface area (Å²) in [6, 6.07) is 15.1. The fourth-order valence-corrected chi connectivity index (χ4v) is 1.80. The summed E-state index contributed by atoms with van der Waals surface area (Å²) in [4.78, 5) is 4.43. The van der Waals surface area contributed by atoms with E-state index in [1.54, 1.807) is 18.3 Å². The minimum Gasteiger partial charge on any atom is -0.507 e. The van der Waals surface area contributed by atoms with Crippen molar-refractivity contribution in [1.82, 2.24) is 0 Å². The number of hydrogen-bond acceptors (Lipinski definition) is 2. The van der Waals surface area contributed by atoms with Gasteiger partial charge in [-0.15, -0.1) is 0 Å². The first kappa shape index (κ1) is 12.7. The van der Waals surface area contributed by atoms with Crippen molar-refractivity contribution >= 4 is 17.8 Å². The monoisotopic (exact) mass is 259 g/mol. The molecule has 92 valence electrons. The Balaban J connectivity index is 2.16. The number of hydrogen-bond donors (Lipinski definition) is 1. The Bertz CT molecular complexity index is 552. The van der Waals surface area contributed by atoms with Crippen LogP contribution >= 0.6 is 11.6 Å². The van der Waals surface area contributed by atoms with E-state index in [0.717, 1.165) is 5.56 Å². The van der Waals surface area contributed by atoms with Gasteiger partial charge in [-0.1, -0.05) is 41.9 Å². The molecule has 0 heterocycles. The van der Waals surface area contributed by atoms with Crippen molar-refractivity contribution in [3.8, 4) is 5.75 Å². The topological polar surface area (TPSA) is 32.6 Å². The smallest absolute Gasteiger partial charge is 0.125 e. The number of phenols is 1. The predicted octanol–water partition coefficient (Wildman–Crippen LogP) is 4.23. The molecule has 0 saturated heterocycles. The molecule has 0 aliphatic heterocycles. The van der Waals surface area contributed by atoms with Crippen LogP contribution in [0.1, 0.15) is 24.1 Å². The Morgan fingerprint density at radius 2 is 1.89 bits per heavy atom. The Kier molecular flexibility index (Phi) is 4.00. The third-order valence-electron chi connectivity index (χ3n) is 2.71. The second kappa shape index (κ2) is 5.69. The lowest BCUT2D eigenvalue weighted by Crippen LogP contribution is -1.91. The van der Waals surface area contributed by atoms with Gasteiger partial charge in [-0.25, -0.2) is 0 Å². The summed E-state index contributed by atoms with van der Waals surface area (Å²) < 4.78 is 0. The zero-order valence-corrected chi connectivity index (χ0v) is 10.8. The third kappa shape index (κ3) is 3.11. The normalized spacial score (nSPS) is 12.8. The maximum Gasteiger partial charge on any atom is 0.125 e. The molecule has 0 fully saturated rings. The molecule has 0 unspecified atom stereocenters. The molecule has 0 saturated carbocycles. The zero-order chi connectivity index (χ0) is 13.0. The summed E-state index contributed by atoms with van der Waals surface area (Å²) in [6.45, 7) is 2.01. The van der Waals surface area contributed by atoms with E-state index >= 15 is 0 Å². The van der Waals surface area contributed by atoms with Gasteiger partial charge in [0.2, 0.25) is 0 Å². The number of halogens is 1. The molecule has 1 N–H and O–H groups in total. The third-order valence-corrected chi connectivity index (χ3v) is 2.95. The average molecular weight is 260 g/mol. The first-order valence-corrected chi connectivity index (χ1v) is 6.11. The van der Waals surface area contributed by atoms with Crippen LogP contribution in [0, 0.1) is 0 Å². The van der Waals surface area contributed by atoms with Gasteiger partial charge in [-0.3, -0.25) is 4.99 Å². The van der Waals surface area contributed by atoms with Gasteiger partial charge in [-0.05, 0) is 30.7 Å². The molecule has 0 aliphatic carbocycles. The molecule has 18 heavy (non-hydrogen) atoms. The van der Waals surface area contributed by atoms with E-state index in [4.69, 9.17) is 11.6 Å². The summed E-state index contributed by atoms with van der Waals surface area (Å²) in [7, 11) is 0. The van der Waals surface area contributed by atoms with E-state index in [9.17, 15) is 5.11 Å². The highest BCUT2D eigenvalue weighted by atomic mass is 35.5.